The zero-order valence-electron chi connectivity index (χ0n) is 15.4. The highest BCUT2D eigenvalue weighted by atomic mass is 35.5. The summed E-state index contributed by atoms with van der Waals surface area (Å²) < 4.78 is 1.84. The Hall–Kier alpha value is -2.15. The molecular formula is C20H25ClN4OS. The van der Waals surface area contributed by atoms with Crippen LogP contribution < -0.4 is 10.6 Å². The number of carbonyl (C=O) groups excluding carboxylic acids is 1. The normalized spacial score (nSPS) is 10.4. The maximum absolute atomic E-state index is 12.7. The largest absolute Gasteiger partial charge is 0.351 e. The van der Waals surface area contributed by atoms with Crippen LogP contribution in [-0.2, 0) is 6.54 Å². The molecule has 0 saturated carbocycles. The van der Waals surface area contributed by atoms with Crippen molar-refractivity contribution >= 4 is 29.7 Å². The topological polar surface area (TPSA) is 58.9 Å². The number of nitrogens with zero attached hydrogens (tertiary/aromatic N) is 2. The van der Waals surface area contributed by atoms with Crippen LogP contribution in [0.4, 0.5) is 0 Å². The standard InChI is InChI=1S/C20H24N4OS.ClH/c1-2-10-21-11-12-22-20(25)17-15-24(14-16-7-4-3-5-8-16)23-19(17)18-9-6-13-26-18;/h3-9,13,15,21H,2,10-12,14H2,1H3,(H,22,25);1H. The van der Waals surface area contributed by atoms with Gasteiger partial charge in [0.25, 0.3) is 5.91 Å². The minimum Gasteiger partial charge on any atom is -0.351 e. The van der Waals surface area contributed by atoms with Gasteiger partial charge in [-0.05, 0) is 30.0 Å². The summed E-state index contributed by atoms with van der Waals surface area (Å²) in [5, 5.41) is 13.0. The van der Waals surface area contributed by atoms with Crippen LogP contribution in [0.3, 0.4) is 0 Å². The number of amides is 1. The summed E-state index contributed by atoms with van der Waals surface area (Å²) >= 11 is 1.59. The summed E-state index contributed by atoms with van der Waals surface area (Å²) in [6, 6.07) is 14.1. The third kappa shape index (κ3) is 5.92. The van der Waals surface area contributed by atoms with E-state index in [-0.39, 0.29) is 18.3 Å². The maximum atomic E-state index is 12.7. The minimum absolute atomic E-state index is 0. The van der Waals surface area contributed by atoms with Crippen molar-refractivity contribution in [1.82, 2.24) is 20.4 Å². The molecule has 0 saturated heterocycles. The summed E-state index contributed by atoms with van der Waals surface area (Å²) in [6.45, 7) is 5.11. The molecule has 3 aromatic rings. The second kappa shape index (κ2) is 10.9. The molecule has 0 aliphatic heterocycles. The zero-order chi connectivity index (χ0) is 18.2. The lowest BCUT2D eigenvalue weighted by Gasteiger charge is -2.05. The molecule has 1 aromatic carbocycles. The molecule has 5 nitrogen and oxygen atoms in total. The highest BCUT2D eigenvalue weighted by Crippen LogP contribution is 2.27. The number of thiophene rings is 1. The second-order valence-electron chi connectivity index (χ2n) is 6.06. The molecule has 0 fully saturated rings. The van der Waals surface area contributed by atoms with Crippen molar-refractivity contribution in [3.05, 3.63) is 65.2 Å². The van der Waals surface area contributed by atoms with Crippen LogP contribution >= 0.6 is 23.7 Å². The van der Waals surface area contributed by atoms with Gasteiger partial charge in [-0.15, -0.1) is 23.7 Å². The molecule has 2 heterocycles. The third-order valence-corrected chi connectivity index (χ3v) is 4.84. The van der Waals surface area contributed by atoms with Gasteiger partial charge in [0.15, 0.2) is 0 Å². The molecule has 27 heavy (non-hydrogen) atoms. The minimum atomic E-state index is -0.0778. The Morgan fingerprint density at radius 3 is 2.63 bits per heavy atom. The lowest BCUT2D eigenvalue weighted by molar-refractivity contribution is 0.0954. The molecule has 7 heteroatoms. The predicted octanol–water partition coefficient (Wildman–Crippen LogP) is 3.81. The molecule has 0 aliphatic rings. The van der Waals surface area contributed by atoms with Crippen LogP contribution in [0.1, 0.15) is 29.3 Å². The number of benzene rings is 1. The number of halogens is 1. The Bertz CT molecular complexity index is 818. The highest BCUT2D eigenvalue weighted by molar-refractivity contribution is 7.13. The SMILES string of the molecule is CCCNCCNC(=O)c1cn(Cc2ccccc2)nc1-c1cccs1.Cl. The summed E-state index contributed by atoms with van der Waals surface area (Å²) in [5.41, 5.74) is 2.53. The molecule has 0 aliphatic carbocycles. The zero-order valence-corrected chi connectivity index (χ0v) is 17.0. The van der Waals surface area contributed by atoms with E-state index in [1.807, 2.05) is 46.6 Å². The van der Waals surface area contributed by atoms with Crippen molar-refractivity contribution < 1.29 is 4.79 Å². The van der Waals surface area contributed by atoms with E-state index < -0.39 is 0 Å². The average Bonchev–Trinajstić information content (AvgIpc) is 3.32. The van der Waals surface area contributed by atoms with Crippen molar-refractivity contribution in [2.24, 2.45) is 0 Å². The van der Waals surface area contributed by atoms with Gasteiger partial charge in [0.1, 0.15) is 5.69 Å². The van der Waals surface area contributed by atoms with Gasteiger partial charge in [0.2, 0.25) is 0 Å². The number of aromatic nitrogens is 2. The second-order valence-corrected chi connectivity index (χ2v) is 7.01. The van der Waals surface area contributed by atoms with Crippen LogP contribution in [0.2, 0.25) is 0 Å². The number of rotatable bonds is 9. The number of hydrogen-bond acceptors (Lipinski definition) is 4. The van der Waals surface area contributed by atoms with Gasteiger partial charge in [-0.3, -0.25) is 9.48 Å². The van der Waals surface area contributed by atoms with Gasteiger partial charge in [-0.2, -0.15) is 5.10 Å². The van der Waals surface area contributed by atoms with Crippen LogP contribution in [0, 0.1) is 0 Å². The Morgan fingerprint density at radius 2 is 1.93 bits per heavy atom. The first-order chi connectivity index (χ1) is 12.8. The van der Waals surface area contributed by atoms with E-state index in [1.165, 1.54) is 0 Å². The molecule has 0 spiro atoms. The first kappa shape index (κ1) is 21.2. The van der Waals surface area contributed by atoms with Crippen molar-refractivity contribution in [3.63, 3.8) is 0 Å². The molecule has 3 rings (SSSR count). The molecule has 0 atom stereocenters. The highest BCUT2D eigenvalue weighted by Gasteiger charge is 2.18. The lowest BCUT2D eigenvalue weighted by Crippen LogP contribution is -2.32. The van der Waals surface area contributed by atoms with Crippen molar-refractivity contribution in [1.29, 1.82) is 0 Å². The average molecular weight is 405 g/mol. The Kier molecular flexibility index (Phi) is 8.51. The maximum Gasteiger partial charge on any atom is 0.255 e. The predicted molar refractivity (Wildman–Crippen MR) is 114 cm³/mol. The monoisotopic (exact) mass is 404 g/mol. The summed E-state index contributed by atoms with van der Waals surface area (Å²) in [6.07, 6.45) is 2.93. The molecule has 0 unspecified atom stereocenters. The Balaban J connectivity index is 0.00000261. The van der Waals surface area contributed by atoms with E-state index in [0.717, 1.165) is 35.6 Å². The number of hydrogen-bond donors (Lipinski definition) is 2. The van der Waals surface area contributed by atoms with Gasteiger partial charge in [-0.25, -0.2) is 0 Å². The van der Waals surface area contributed by atoms with E-state index >= 15 is 0 Å². The van der Waals surface area contributed by atoms with Gasteiger partial charge in [-0.1, -0.05) is 43.3 Å². The fraction of sp³-hybridized carbons (Fsp3) is 0.300. The molecular weight excluding hydrogens is 380 g/mol. The van der Waals surface area contributed by atoms with E-state index in [9.17, 15) is 4.79 Å². The van der Waals surface area contributed by atoms with E-state index in [2.05, 4.69) is 34.8 Å². The summed E-state index contributed by atoms with van der Waals surface area (Å²) in [7, 11) is 0. The van der Waals surface area contributed by atoms with Crippen LogP contribution in [0.25, 0.3) is 10.6 Å². The quantitative estimate of drug-likeness (QED) is 0.533. The van der Waals surface area contributed by atoms with E-state index in [4.69, 9.17) is 0 Å². The fourth-order valence-electron chi connectivity index (χ4n) is 2.70. The molecule has 0 bridgehead atoms. The van der Waals surface area contributed by atoms with Crippen LogP contribution in [-0.4, -0.2) is 35.3 Å². The fourth-order valence-corrected chi connectivity index (χ4v) is 3.42. The summed E-state index contributed by atoms with van der Waals surface area (Å²) in [4.78, 5) is 13.7. The first-order valence-electron chi connectivity index (χ1n) is 8.92. The molecule has 144 valence electrons. The van der Waals surface area contributed by atoms with Crippen molar-refractivity contribution in [3.8, 4) is 10.6 Å². The van der Waals surface area contributed by atoms with Crippen LogP contribution in [0.15, 0.2) is 54.0 Å². The summed E-state index contributed by atoms with van der Waals surface area (Å²) in [5.74, 6) is -0.0778. The van der Waals surface area contributed by atoms with Crippen molar-refractivity contribution in [2.45, 2.75) is 19.9 Å². The Labute approximate surface area is 170 Å². The first-order valence-corrected chi connectivity index (χ1v) is 9.80. The number of carbonyl (C=O) groups is 1. The van der Waals surface area contributed by atoms with E-state index in [1.54, 1.807) is 11.3 Å². The molecule has 2 N–H and O–H groups in total. The molecule has 2 aromatic heterocycles. The van der Waals surface area contributed by atoms with E-state index in [0.29, 0.717) is 18.7 Å². The number of nitrogens with one attached hydrogen (secondary N) is 2. The molecule has 1 amide bonds. The molecule has 0 radical (unpaired) electrons. The van der Waals surface area contributed by atoms with Crippen molar-refractivity contribution in [2.75, 3.05) is 19.6 Å². The van der Waals surface area contributed by atoms with Gasteiger partial charge in [0.05, 0.1) is 17.0 Å². The van der Waals surface area contributed by atoms with Gasteiger partial charge >= 0.3 is 0 Å². The van der Waals surface area contributed by atoms with Crippen LogP contribution in [0.5, 0.6) is 0 Å². The van der Waals surface area contributed by atoms with Gasteiger partial charge < -0.3 is 10.6 Å². The third-order valence-electron chi connectivity index (χ3n) is 3.96. The lowest BCUT2D eigenvalue weighted by atomic mass is 10.2. The van der Waals surface area contributed by atoms with Gasteiger partial charge in [0, 0.05) is 19.3 Å². The smallest absolute Gasteiger partial charge is 0.255 e. The Morgan fingerprint density at radius 1 is 1.11 bits per heavy atom.